The summed E-state index contributed by atoms with van der Waals surface area (Å²) in [7, 11) is 1.62. The molecule has 0 aliphatic rings. The van der Waals surface area contributed by atoms with Gasteiger partial charge in [-0.15, -0.1) is 0 Å². The smallest absolute Gasteiger partial charge is 0.274 e. The first-order valence-electron chi connectivity index (χ1n) is 9.12. The minimum Gasteiger partial charge on any atom is -0.497 e. The van der Waals surface area contributed by atoms with Gasteiger partial charge in [-0.2, -0.15) is 9.50 Å². The van der Waals surface area contributed by atoms with Gasteiger partial charge in [0.2, 0.25) is 0 Å². The van der Waals surface area contributed by atoms with Gasteiger partial charge in [0.1, 0.15) is 5.75 Å². The zero-order valence-corrected chi connectivity index (χ0v) is 15.8. The molecule has 0 spiro atoms. The summed E-state index contributed by atoms with van der Waals surface area (Å²) in [6, 6.07) is 17.2. The Morgan fingerprint density at radius 2 is 1.82 bits per heavy atom. The van der Waals surface area contributed by atoms with E-state index in [-0.39, 0.29) is 5.56 Å². The molecule has 0 aliphatic heterocycles. The van der Waals surface area contributed by atoms with Gasteiger partial charge in [0.15, 0.2) is 5.82 Å². The van der Waals surface area contributed by atoms with Gasteiger partial charge in [-0.3, -0.25) is 9.89 Å². The van der Waals surface area contributed by atoms with Crippen LogP contribution in [-0.2, 0) is 13.0 Å². The average Bonchev–Trinajstić information content (AvgIpc) is 3.17. The van der Waals surface area contributed by atoms with Crippen LogP contribution in [0.2, 0.25) is 0 Å². The summed E-state index contributed by atoms with van der Waals surface area (Å²) < 4.78 is 6.52. The Labute approximate surface area is 162 Å². The Kier molecular flexibility index (Phi) is 4.80. The van der Waals surface area contributed by atoms with Crippen molar-refractivity contribution >= 4 is 11.5 Å². The van der Waals surface area contributed by atoms with E-state index in [0.29, 0.717) is 23.8 Å². The first kappa shape index (κ1) is 17.8. The predicted octanol–water partition coefficient (Wildman–Crippen LogP) is 3.27. The number of nitrogens with zero attached hydrogens (tertiary/aromatic N) is 3. The fraction of sp³-hybridized carbons (Fsp3) is 0.190. The van der Waals surface area contributed by atoms with Crippen LogP contribution in [-0.4, -0.2) is 26.7 Å². The molecule has 0 aliphatic carbocycles. The van der Waals surface area contributed by atoms with Crippen molar-refractivity contribution in [3.05, 3.63) is 76.2 Å². The molecule has 142 valence electrons. The van der Waals surface area contributed by atoms with Crippen molar-refractivity contribution in [2.24, 2.45) is 0 Å². The minimum absolute atomic E-state index is 0.199. The third-order valence-electron chi connectivity index (χ3n) is 4.58. The number of ether oxygens (including phenoxy) is 1. The molecule has 0 saturated carbocycles. The van der Waals surface area contributed by atoms with Gasteiger partial charge in [0.05, 0.1) is 19.3 Å². The molecule has 0 atom stereocenters. The van der Waals surface area contributed by atoms with Gasteiger partial charge in [-0.1, -0.05) is 19.1 Å². The quantitative estimate of drug-likeness (QED) is 0.540. The Morgan fingerprint density at radius 3 is 2.50 bits per heavy atom. The molecule has 7 nitrogen and oxygen atoms in total. The zero-order valence-electron chi connectivity index (χ0n) is 15.8. The zero-order chi connectivity index (χ0) is 19.5. The van der Waals surface area contributed by atoms with Crippen LogP contribution in [0.15, 0.2) is 59.4 Å². The molecule has 0 amide bonds. The lowest BCUT2D eigenvalue weighted by molar-refractivity contribution is 0.415. The largest absolute Gasteiger partial charge is 0.497 e. The molecule has 0 fully saturated rings. The topological polar surface area (TPSA) is 84.3 Å². The fourth-order valence-corrected chi connectivity index (χ4v) is 2.95. The molecule has 4 rings (SSSR count). The third-order valence-corrected chi connectivity index (χ3v) is 4.58. The first-order chi connectivity index (χ1) is 13.7. The number of anilines is 1. The van der Waals surface area contributed by atoms with Gasteiger partial charge in [0, 0.05) is 17.3 Å². The number of aromatic nitrogens is 4. The molecule has 7 heteroatoms. The third kappa shape index (κ3) is 3.59. The molecule has 0 radical (unpaired) electrons. The highest BCUT2D eigenvalue weighted by Gasteiger charge is 2.10. The van der Waals surface area contributed by atoms with Crippen LogP contribution in [0.5, 0.6) is 5.75 Å². The molecular weight excluding hydrogens is 354 g/mol. The van der Waals surface area contributed by atoms with Gasteiger partial charge in [-0.05, 0) is 48.4 Å². The van der Waals surface area contributed by atoms with E-state index < -0.39 is 0 Å². The maximum atomic E-state index is 12.4. The van der Waals surface area contributed by atoms with E-state index in [1.54, 1.807) is 7.11 Å². The van der Waals surface area contributed by atoms with Crippen molar-refractivity contribution in [2.45, 2.75) is 19.9 Å². The molecule has 2 aromatic heterocycles. The summed E-state index contributed by atoms with van der Waals surface area (Å²) in [5.41, 5.74) is 3.56. The Bertz CT molecular complexity index is 1140. The summed E-state index contributed by atoms with van der Waals surface area (Å²) >= 11 is 0. The molecule has 0 saturated heterocycles. The van der Waals surface area contributed by atoms with E-state index in [9.17, 15) is 4.79 Å². The van der Waals surface area contributed by atoms with Crippen molar-refractivity contribution in [3.8, 4) is 17.1 Å². The van der Waals surface area contributed by atoms with E-state index in [1.165, 1.54) is 16.1 Å². The lowest BCUT2D eigenvalue weighted by Crippen LogP contribution is -2.17. The highest BCUT2D eigenvalue weighted by Crippen LogP contribution is 2.19. The van der Waals surface area contributed by atoms with E-state index in [4.69, 9.17) is 4.74 Å². The summed E-state index contributed by atoms with van der Waals surface area (Å²) in [6.45, 7) is 2.57. The molecule has 0 bridgehead atoms. The maximum Gasteiger partial charge on any atom is 0.274 e. The van der Waals surface area contributed by atoms with Crippen molar-refractivity contribution in [2.75, 3.05) is 12.4 Å². The van der Waals surface area contributed by atoms with Crippen LogP contribution >= 0.6 is 0 Å². The average molecular weight is 375 g/mol. The summed E-state index contributed by atoms with van der Waals surface area (Å²) in [5.74, 6) is 1.68. The molecule has 28 heavy (non-hydrogen) atoms. The standard InChI is InChI=1S/C21H21N5O2/c1-3-14-4-8-16(9-5-14)22-13-17-12-19(27)26-21(23-17)24-20(25-26)15-6-10-18(28-2)11-7-15/h4-12,22H,3,13H2,1-2H3,(H,23,24,25). The highest BCUT2D eigenvalue weighted by atomic mass is 16.5. The van der Waals surface area contributed by atoms with Crippen LogP contribution < -0.4 is 15.6 Å². The van der Waals surface area contributed by atoms with Gasteiger partial charge >= 0.3 is 0 Å². The second-order valence-corrected chi connectivity index (χ2v) is 6.43. The van der Waals surface area contributed by atoms with E-state index in [2.05, 4.69) is 39.4 Å². The van der Waals surface area contributed by atoms with Crippen LogP contribution in [0.25, 0.3) is 17.2 Å². The van der Waals surface area contributed by atoms with E-state index >= 15 is 0 Å². The predicted molar refractivity (Wildman–Crippen MR) is 109 cm³/mol. The number of aryl methyl sites for hydroxylation is 1. The molecular formula is C21H21N5O2. The van der Waals surface area contributed by atoms with Crippen molar-refractivity contribution in [3.63, 3.8) is 0 Å². The number of rotatable bonds is 6. The second kappa shape index (κ2) is 7.56. The maximum absolute atomic E-state index is 12.4. The summed E-state index contributed by atoms with van der Waals surface area (Å²) in [6.07, 6.45) is 1.00. The summed E-state index contributed by atoms with van der Waals surface area (Å²) in [5, 5.41) is 6.29. The van der Waals surface area contributed by atoms with Crippen molar-refractivity contribution in [1.82, 2.24) is 19.6 Å². The van der Waals surface area contributed by atoms with Gasteiger partial charge in [-0.25, -0.2) is 4.98 Å². The fourth-order valence-electron chi connectivity index (χ4n) is 2.95. The van der Waals surface area contributed by atoms with E-state index in [1.807, 2.05) is 36.4 Å². The number of methoxy groups -OCH3 is 1. The van der Waals surface area contributed by atoms with Crippen molar-refractivity contribution < 1.29 is 4.74 Å². The number of hydrogen-bond donors (Lipinski definition) is 2. The minimum atomic E-state index is -0.199. The molecule has 4 aromatic rings. The highest BCUT2D eigenvalue weighted by molar-refractivity contribution is 5.58. The molecule has 2 N–H and O–H groups in total. The lowest BCUT2D eigenvalue weighted by atomic mass is 10.1. The van der Waals surface area contributed by atoms with Gasteiger partial charge in [0.25, 0.3) is 11.3 Å². The lowest BCUT2D eigenvalue weighted by Gasteiger charge is -2.06. The molecule has 0 unspecified atom stereocenters. The van der Waals surface area contributed by atoms with Crippen LogP contribution in [0.1, 0.15) is 18.2 Å². The van der Waals surface area contributed by atoms with Crippen LogP contribution in [0.4, 0.5) is 5.69 Å². The second-order valence-electron chi connectivity index (χ2n) is 6.43. The number of aromatic amines is 1. The number of benzene rings is 2. The Hall–Kier alpha value is -3.61. The van der Waals surface area contributed by atoms with Crippen LogP contribution in [0.3, 0.4) is 0 Å². The van der Waals surface area contributed by atoms with Crippen LogP contribution in [0, 0.1) is 0 Å². The Balaban J connectivity index is 1.57. The van der Waals surface area contributed by atoms with E-state index in [0.717, 1.165) is 23.4 Å². The van der Waals surface area contributed by atoms with Gasteiger partial charge < -0.3 is 10.1 Å². The number of nitrogens with one attached hydrogen (secondary N) is 2. The molecule has 2 heterocycles. The number of H-pyrrole nitrogens is 1. The number of hydrogen-bond acceptors (Lipinski definition) is 5. The monoisotopic (exact) mass is 375 g/mol. The molecule has 2 aromatic carbocycles. The first-order valence-corrected chi connectivity index (χ1v) is 9.12. The SMILES string of the molecule is CCc1ccc(NCc2cc(=O)n3[nH]c(-c4ccc(OC)cc4)nc3n2)cc1. The number of fused-ring (bicyclic) bond motifs is 1. The normalized spacial score (nSPS) is 10.9. The van der Waals surface area contributed by atoms with Crippen molar-refractivity contribution in [1.29, 1.82) is 0 Å². The summed E-state index contributed by atoms with van der Waals surface area (Å²) in [4.78, 5) is 21.4. The Morgan fingerprint density at radius 1 is 1.07 bits per heavy atom.